The van der Waals surface area contributed by atoms with Crippen LogP contribution in [-0.4, -0.2) is 55.5 Å². The summed E-state index contributed by atoms with van der Waals surface area (Å²) in [7, 11) is 1.75. The Labute approximate surface area is 139 Å². The van der Waals surface area contributed by atoms with Gasteiger partial charge in [-0.2, -0.15) is 0 Å². The lowest BCUT2D eigenvalue weighted by atomic mass is 9.89. The SMILES string of the molecule is COCCN1CCC(c2ccc(NCC(C)(C)O)c(N)c2)CC1. The molecule has 5 heteroatoms. The second-order valence-corrected chi connectivity index (χ2v) is 7.12. The number of methoxy groups -OCH3 is 1. The monoisotopic (exact) mass is 321 g/mol. The highest BCUT2D eigenvalue weighted by Crippen LogP contribution is 2.31. The van der Waals surface area contributed by atoms with E-state index in [4.69, 9.17) is 10.5 Å². The summed E-state index contributed by atoms with van der Waals surface area (Å²) in [6, 6.07) is 6.29. The first-order valence-corrected chi connectivity index (χ1v) is 8.46. The number of nitrogens with one attached hydrogen (secondary N) is 1. The molecule has 1 aliphatic heterocycles. The fourth-order valence-corrected chi connectivity index (χ4v) is 3.02. The predicted octanol–water partition coefficient (Wildman–Crippen LogP) is 2.28. The van der Waals surface area contributed by atoms with E-state index in [1.807, 2.05) is 6.07 Å². The summed E-state index contributed by atoms with van der Waals surface area (Å²) >= 11 is 0. The minimum atomic E-state index is -0.750. The summed E-state index contributed by atoms with van der Waals surface area (Å²) in [6.07, 6.45) is 2.33. The molecule has 1 aromatic rings. The van der Waals surface area contributed by atoms with Crippen molar-refractivity contribution in [3.8, 4) is 0 Å². The van der Waals surface area contributed by atoms with Crippen LogP contribution >= 0.6 is 0 Å². The number of hydrogen-bond donors (Lipinski definition) is 3. The Hall–Kier alpha value is -1.30. The van der Waals surface area contributed by atoms with E-state index in [2.05, 4.69) is 22.3 Å². The maximum Gasteiger partial charge on any atom is 0.0763 e. The fraction of sp³-hybridized carbons (Fsp3) is 0.667. The third kappa shape index (κ3) is 5.68. The molecule has 130 valence electrons. The third-order valence-electron chi connectivity index (χ3n) is 4.46. The first-order chi connectivity index (χ1) is 10.9. The van der Waals surface area contributed by atoms with E-state index in [-0.39, 0.29) is 0 Å². The molecule has 1 heterocycles. The number of piperidine rings is 1. The van der Waals surface area contributed by atoms with Crippen LogP contribution in [0.1, 0.15) is 38.2 Å². The van der Waals surface area contributed by atoms with Crippen LogP contribution in [0.5, 0.6) is 0 Å². The topological polar surface area (TPSA) is 70.8 Å². The van der Waals surface area contributed by atoms with Gasteiger partial charge in [0.05, 0.1) is 23.6 Å². The van der Waals surface area contributed by atoms with Crippen molar-refractivity contribution in [1.29, 1.82) is 0 Å². The standard InChI is InChI=1S/C18H31N3O2/c1-18(2,22)13-20-17-5-4-15(12-16(17)19)14-6-8-21(9-7-14)10-11-23-3/h4-5,12,14,20,22H,6-11,13,19H2,1-3H3. The highest BCUT2D eigenvalue weighted by molar-refractivity contribution is 5.67. The van der Waals surface area contributed by atoms with Crippen molar-refractivity contribution in [2.24, 2.45) is 0 Å². The van der Waals surface area contributed by atoms with Gasteiger partial charge in [0.1, 0.15) is 0 Å². The Kier molecular flexibility index (Phi) is 6.27. The smallest absolute Gasteiger partial charge is 0.0763 e. The van der Waals surface area contributed by atoms with Gasteiger partial charge in [0.15, 0.2) is 0 Å². The van der Waals surface area contributed by atoms with Crippen molar-refractivity contribution in [3.63, 3.8) is 0 Å². The van der Waals surface area contributed by atoms with Gasteiger partial charge >= 0.3 is 0 Å². The summed E-state index contributed by atoms with van der Waals surface area (Å²) < 4.78 is 5.15. The highest BCUT2D eigenvalue weighted by Gasteiger charge is 2.21. The lowest BCUT2D eigenvalue weighted by Crippen LogP contribution is -2.35. The summed E-state index contributed by atoms with van der Waals surface area (Å²) in [4.78, 5) is 2.46. The Bertz CT molecular complexity index is 492. The molecular weight excluding hydrogens is 290 g/mol. The van der Waals surface area contributed by atoms with Gasteiger partial charge in [0, 0.05) is 20.2 Å². The van der Waals surface area contributed by atoms with Crippen LogP contribution in [0.4, 0.5) is 11.4 Å². The zero-order chi connectivity index (χ0) is 16.9. The Balaban J connectivity index is 1.91. The van der Waals surface area contributed by atoms with Crippen molar-refractivity contribution < 1.29 is 9.84 Å². The molecule has 0 aromatic heterocycles. The molecule has 23 heavy (non-hydrogen) atoms. The first-order valence-electron chi connectivity index (χ1n) is 8.46. The normalized spacial score (nSPS) is 17.4. The molecule has 0 atom stereocenters. The molecule has 0 aliphatic carbocycles. The number of benzene rings is 1. The maximum absolute atomic E-state index is 9.80. The van der Waals surface area contributed by atoms with E-state index in [0.717, 1.165) is 37.6 Å². The molecule has 1 aromatic carbocycles. The van der Waals surface area contributed by atoms with Crippen molar-refractivity contribution in [3.05, 3.63) is 23.8 Å². The molecule has 0 radical (unpaired) electrons. The summed E-state index contributed by atoms with van der Waals surface area (Å²) in [5.74, 6) is 0.583. The van der Waals surface area contributed by atoms with Crippen LogP contribution in [0.15, 0.2) is 18.2 Å². The van der Waals surface area contributed by atoms with Crippen LogP contribution in [0.25, 0.3) is 0 Å². The van der Waals surface area contributed by atoms with E-state index in [1.165, 1.54) is 18.4 Å². The molecule has 2 rings (SSSR count). The van der Waals surface area contributed by atoms with Crippen molar-refractivity contribution in [1.82, 2.24) is 4.90 Å². The number of likely N-dealkylation sites (tertiary alicyclic amines) is 1. The van der Waals surface area contributed by atoms with E-state index < -0.39 is 5.60 Å². The van der Waals surface area contributed by atoms with Gasteiger partial charge in [-0.3, -0.25) is 0 Å². The molecule has 0 bridgehead atoms. The fourth-order valence-electron chi connectivity index (χ4n) is 3.02. The minimum Gasteiger partial charge on any atom is -0.397 e. The van der Waals surface area contributed by atoms with Crippen molar-refractivity contribution >= 4 is 11.4 Å². The van der Waals surface area contributed by atoms with Crippen LogP contribution in [0, 0.1) is 0 Å². The molecule has 0 unspecified atom stereocenters. The van der Waals surface area contributed by atoms with E-state index in [9.17, 15) is 5.11 Å². The van der Waals surface area contributed by atoms with Gasteiger partial charge in [-0.05, 0) is 63.4 Å². The number of anilines is 2. The zero-order valence-electron chi connectivity index (χ0n) is 14.6. The minimum absolute atomic E-state index is 0.481. The summed E-state index contributed by atoms with van der Waals surface area (Å²) in [5, 5.41) is 13.0. The van der Waals surface area contributed by atoms with Gasteiger partial charge in [-0.25, -0.2) is 0 Å². The molecule has 1 aliphatic rings. The number of nitrogens with zero attached hydrogens (tertiary/aromatic N) is 1. The molecule has 0 saturated carbocycles. The summed E-state index contributed by atoms with van der Waals surface area (Å²) in [6.45, 7) is 8.10. The molecule has 0 amide bonds. The molecule has 5 nitrogen and oxygen atoms in total. The lowest BCUT2D eigenvalue weighted by Gasteiger charge is -2.32. The van der Waals surface area contributed by atoms with Gasteiger partial charge in [-0.1, -0.05) is 6.07 Å². The zero-order valence-corrected chi connectivity index (χ0v) is 14.6. The van der Waals surface area contributed by atoms with Gasteiger partial charge in [0.2, 0.25) is 0 Å². The Morgan fingerprint density at radius 2 is 2.04 bits per heavy atom. The average Bonchev–Trinajstić information content (AvgIpc) is 2.51. The Morgan fingerprint density at radius 1 is 1.35 bits per heavy atom. The molecule has 0 spiro atoms. The van der Waals surface area contributed by atoms with Gasteiger partial charge in [-0.15, -0.1) is 0 Å². The third-order valence-corrected chi connectivity index (χ3v) is 4.46. The number of hydrogen-bond acceptors (Lipinski definition) is 5. The molecular formula is C18H31N3O2. The van der Waals surface area contributed by atoms with Crippen LogP contribution in [0.3, 0.4) is 0 Å². The van der Waals surface area contributed by atoms with E-state index >= 15 is 0 Å². The van der Waals surface area contributed by atoms with Gasteiger partial charge in [0.25, 0.3) is 0 Å². The highest BCUT2D eigenvalue weighted by atomic mass is 16.5. The second kappa shape index (κ2) is 7.99. The first kappa shape index (κ1) is 18.0. The van der Waals surface area contributed by atoms with E-state index in [0.29, 0.717) is 12.5 Å². The molecule has 4 N–H and O–H groups in total. The largest absolute Gasteiger partial charge is 0.397 e. The number of aliphatic hydroxyl groups is 1. The lowest BCUT2D eigenvalue weighted by molar-refractivity contribution is 0.0945. The number of ether oxygens (including phenoxy) is 1. The van der Waals surface area contributed by atoms with E-state index in [1.54, 1.807) is 21.0 Å². The molecule has 1 fully saturated rings. The Morgan fingerprint density at radius 3 is 2.61 bits per heavy atom. The van der Waals surface area contributed by atoms with Gasteiger partial charge < -0.3 is 25.8 Å². The number of rotatable bonds is 7. The number of nitrogens with two attached hydrogens (primary N) is 1. The second-order valence-electron chi connectivity index (χ2n) is 7.12. The quantitative estimate of drug-likeness (QED) is 0.672. The van der Waals surface area contributed by atoms with Crippen LogP contribution < -0.4 is 11.1 Å². The number of nitrogen functional groups attached to an aromatic ring is 1. The summed E-state index contributed by atoms with van der Waals surface area (Å²) in [5.41, 5.74) is 8.41. The van der Waals surface area contributed by atoms with Crippen molar-refractivity contribution in [2.75, 3.05) is 50.9 Å². The average molecular weight is 321 g/mol. The van der Waals surface area contributed by atoms with Crippen LogP contribution in [-0.2, 0) is 4.74 Å². The van der Waals surface area contributed by atoms with Crippen molar-refractivity contribution in [2.45, 2.75) is 38.2 Å². The maximum atomic E-state index is 9.80. The molecule has 1 saturated heterocycles. The van der Waals surface area contributed by atoms with Crippen LogP contribution in [0.2, 0.25) is 0 Å². The predicted molar refractivity (Wildman–Crippen MR) is 95.9 cm³/mol.